The van der Waals surface area contributed by atoms with E-state index in [0.717, 1.165) is 18.8 Å². The van der Waals surface area contributed by atoms with E-state index in [-0.39, 0.29) is 18.0 Å². The summed E-state index contributed by atoms with van der Waals surface area (Å²) < 4.78 is 0. The first kappa shape index (κ1) is 11.2. The van der Waals surface area contributed by atoms with Crippen LogP contribution in [0, 0.1) is 0 Å². The van der Waals surface area contributed by atoms with Crippen molar-refractivity contribution in [3.8, 4) is 0 Å². The van der Waals surface area contributed by atoms with Gasteiger partial charge in [0.25, 0.3) is 0 Å². The Hall–Kier alpha value is -1.32. The Morgan fingerprint density at radius 3 is 2.81 bits per heavy atom. The van der Waals surface area contributed by atoms with E-state index < -0.39 is 0 Å². The molecular weight excluding hydrogens is 202 g/mol. The number of fused-ring (bicyclic) bond motifs is 1. The highest BCUT2D eigenvalue weighted by Crippen LogP contribution is 2.30. The molecule has 2 rings (SSSR count). The standard InChI is InChI=1S/C12H19N3O/c1-7-8(2)13-9(3)15-6-11(5-12(7)15)14-10(4)16/h8,11H,5-6H2,1-4H3,(H,14,16). The molecule has 2 aliphatic heterocycles. The van der Waals surface area contributed by atoms with Crippen LogP contribution in [0.2, 0.25) is 0 Å². The van der Waals surface area contributed by atoms with E-state index in [4.69, 9.17) is 0 Å². The first-order chi connectivity index (χ1) is 7.49. The summed E-state index contributed by atoms with van der Waals surface area (Å²) in [5.41, 5.74) is 2.68. The highest BCUT2D eigenvalue weighted by Gasteiger charge is 2.33. The fraction of sp³-hybridized carbons (Fsp3) is 0.667. The summed E-state index contributed by atoms with van der Waals surface area (Å²) in [7, 11) is 0. The van der Waals surface area contributed by atoms with Gasteiger partial charge in [0.15, 0.2) is 0 Å². The van der Waals surface area contributed by atoms with Gasteiger partial charge in [-0.15, -0.1) is 0 Å². The van der Waals surface area contributed by atoms with E-state index in [2.05, 4.69) is 29.1 Å². The summed E-state index contributed by atoms with van der Waals surface area (Å²) >= 11 is 0. The number of carbonyl (C=O) groups is 1. The van der Waals surface area contributed by atoms with Crippen LogP contribution in [0.3, 0.4) is 0 Å². The quantitative estimate of drug-likeness (QED) is 0.725. The number of nitrogens with zero attached hydrogens (tertiary/aromatic N) is 2. The molecule has 2 unspecified atom stereocenters. The lowest BCUT2D eigenvalue weighted by Gasteiger charge is -2.28. The summed E-state index contributed by atoms with van der Waals surface area (Å²) in [4.78, 5) is 17.9. The zero-order chi connectivity index (χ0) is 11.9. The zero-order valence-electron chi connectivity index (χ0n) is 10.4. The van der Waals surface area contributed by atoms with Gasteiger partial charge in [-0.25, -0.2) is 0 Å². The molecule has 0 radical (unpaired) electrons. The Bertz CT molecular complexity index is 384. The predicted octanol–water partition coefficient (Wildman–Crippen LogP) is 1.29. The molecule has 2 heterocycles. The normalized spacial score (nSPS) is 29.0. The second kappa shape index (κ2) is 3.92. The highest BCUT2D eigenvalue weighted by molar-refractivity contribution is 5.84. The molecule has 2 atom stereocenters. The van der Waals surface area contributed by atoms with Gasteiger partial charge in [-0.05, 0) is 26.3 Å². The van der Waals surface area contributed by atoms with E-state index in [9.17, 15) is 4.79 Å². The molecule has 0 spiro atoms. The maximum atomic E-state index is 11.1. The van der Waals surface area contributed by atoms with E-state index in [1.54, 1.807) is 6.92 Å². The van der Waals surface area contributed by atoms with Crippen LogP contribution >= 0.6 is 0 Å². The Morgan fingerprint density at radius 2 is 2.19 bits per heavy atom. The maximum absolute atomic E-state index is 11.1. The smallest absolute Gasteiger partial charge is 0.217 e. The van der Waals surface area contributed by atoms with E-state index >= 15 is 0 Å². The fourth-order valence-corrected chi connectivity index (χ4v) is 2.51. The molecule has 0 aromatic heterocycles. The van der Waals surface area contributed by atoms with Gasteiger partial charge in [-0.2, -0.15) is 0 Å². The summed E-state index contributed by atoms with van der Waals surface area (Å²) in [5, 5.41) is 2.98. The van der Waals surface area contributed by atoms with Crippen molar-refractivity contribution < 1.29 is 4.79 Å². The Labute approximate surface area is 96.4 Å². The summed E-state index contributed by atoms with van der Waals surface area (Å²) in [6.07, 6.45) is 0.933. The van der Waals surface area contributed by atoms with Gasteiger partial charge in [-0.1, -0.05) is 0 Å². The summed E-state index contributed by atoms with van der Waals surface area (Å²) in [5.74, 6) is 1.12. The second-order valence-electron chi connectivity index (χ2n) is 4.69. The fourth-order valence-electron chi connectivity index (χ4n) is 2.51. The summed E-state index contributed by atoms with van der Waals surface area (Å²) in [6.45, 7) is 8.73. The van der Waals surface area contributed by atoms with Crippen LogP contribution in [-0.4, -0.2) is 35.3 Å². The van der Waals surface area contributed by atoms with Crippen molar-refractivity contribution in [2.75, 3.05) is 6.54 Å². The van der Waals surface area contributed by atoms with Crippen LogP contribution < -0.4 is 5.32 Å². The van der Waals surface area contributed by atoms with Crippen LogP contribution in [0.15, 0.2) is 16.3 Å². The van der Waals surface area contributed by atoms with Gasteiger partial charge in [-0.3, -0.25) is 9.79 Å². The molecule has 0 aromatic carbocycles. The van der Waals surface area contributed by atoms with Crippen LogP contribution in [0.25, 0.3) is 0 Å². The van der Waals surface area contributed by atoms with Crippen molar-refractivity contribution in [2.24, 2.45) is 4.99 Å². The average Bonchev–Trinajstić information content (AvgIpc) is 2.58. The lowest BCUT2D eigenvalue weighted by Crippen LogP contribution is -2.37. The number of carbonyl (C=O) groups excluding carboxylic acids is 1. The number of nitrogens with one attached hydrogen (secondary N) is 1. The molecule has 88 valence electrons. The molecule has 2 aliphatic rings. The molecule has 1 saturated heterocycles. The first-order valence-electron chi connectivity index (χ1n) is 5.77. The molecule has 1 amide bonds. The van der Waals surface area contributed by atoms with Crippen LogP contribution in [-0.2, 0) is 4.79 Å². The number of hydrogen-bond donors (Lipinski definition) is 1. The predicted molar refractivity (Wildman–Crippen MR) is 64.2 cm³/mol. The number of hydrogen-bond acceptors (Lipinski definition) is 3. The third kappa shape index (κ3) is 1.84. The highest BCUT2D eigenvalue weighted by atomic mass is 16.1. The largest absolute Gasteiger partial charge is 0.351 e. The number of amides is 1. The van der Waals surface area contributed by atoms with Crippen LogP contribution in [0.1, 0.15) is 34.1 Å². The third-order valence-corrected chi connectivity index (χ3v) is 3.43. The molecule has 1 N–H and O–H groups in total. The van der Waals surface area contributed by atoms with Crippen molar-refractivity contribution in [3.05, 3.63) is 11.3 Å². The maximum Gasteiger partial charge on any atom is 0.217 e. The van der Waals surface area contributed by atoms with Gasteiger partial charge in [0.05, 0.1) is 12.1 Å². The molecule has 0 aromatic rings. The molecule has 16 heavy (non-hydrogen) atoms. The van der Waals surface area contributed by atoms with Crippen molar-refractivity contribution in [3.63, 3.8) is 0 Å². The van der Waals surface area contributed by atoms with Crippen LogP contribution in [0.5, 0.6) is 0 Å². The van der Waals surface area contributed by atoms with E-state index in [0.29, 0.717) is 0 Å². The van der Waals surface area contributed by atoms with Gasteiger partial charge in [0, 0.05) is 25.6 Å². The molecular formula is C12H19N3O. The Kier molecular flexibility index (Phi) is 2.74. The van der Waals surface area contributed by atoms with Crippen molar-refractivity contribution in [2.45, 2.75) is 46.2 Å². The average molecular weight is 221 g/mol. The minimum atomic E-state index is 0.0470. The molecule has 0 bridgehead atoms. The molecule has 0 aliphatic carbocycles. The van der Waals surface area contributed by atoms with Gasteiger partial charge in [0.2, 0.25) is 5.91 Å². The van der Waals surface area contributed by atoms with Crippen molar-refractivity contribution >= 4 is 11.7 Å². The summed E-state index contributed by atoms with van der Waals surface area (Å²) in [6, 6.07) is 0.514. The zero-order valence-corrected chi connectivity index (χ0v) is 10.4. The van der Waals surface area contributed by atoms with Crippen molar-refractivity contribution in [1.29, 1.82) is 0 Å². The van der Waals surface area contributed by atoms with Crippen LogP contribution in [0.4, 0.5) is 0 Å². The minimum absolute atomic E-state index is 0.0470. The lowest BCUT2D eigenvalue weighted by atomic mass is 10.0. The van der Waals surface area contributed by atoms with E-state index in [1.165, 1.54) is 11.3 Å². The monoisotopic (exact) mass is 221 g/mol. The Balaban J connectivity index is 2.20. The third-order valence-electron chi connectivity index (χ3n) is 3.43. The minimum Gasteiger partial charge on any atom is -0.351 e. The van der Waals surface area contributed by atoms with Gasteiger partial charge < -0.3 is 10.2 Å². The van der Waals surface area contributed by atoms with Crippen molar-refractivity contribution in [1.82, 2.24) is 10.2 Å². The molecule has 4 heteroatoms. The Morgan fingerprint density at radius 1 is 1.50 bits per heavy atom. The second-order valence-corrected chi connectivity index (χ2v) is 4.69. The van der Waals surface area contributed by atoms with Gasteiger partial charge >= 0.3 is 0 Å². The molecule has 0 saturated carbocycles. The molecule has 4 nitrogen and oxygen atoms in total. The van der Waals surface area contributed by atoms with E-state index in [1.807, 2.05) is 6.92 Å². The van der Waals surface area contributed by atoms with Gasteiger partial charge in [0.1, 0.15) is 5.84 Å². The SMILES string of the molecule is CC(=O)NC1CC2=C(C)C(C)N=C(C)N2C1. The number of amidine groups is 1. The lowest BCUT2D eigenvalue weighted by molar-refractivity contribution is -0.119. The first-order valence-corrected chi connectivity index (χ1v) is 5.77. The number of rotatable bonds is 1. The topological polar surface area (TPSA) is 44.7 Å². The molecule has 1 fully saturated rings. The number of aliphatic imine (C=N–C) groups is 1.